The molecule has 3 rings (SSSR count). The van der Waals surface area contributed by atoms with Crippen molar-refractivity contribution in [2.24, 2.45) is 0 Å². The van der Waals surface area contributed by atoms with E-state index in [-0.39, 0.29) is 5.91 Å². The minimum absolute atomic E-state index is 0.0304. The quantitative estimate of drug-likeness (QED) is 0.837. The van der Waals surface area contributed by atoms with Crippen LogP contribution in [0.25, 0.3) is 0 Å². The van der Waals surface area contributed by atoms with Crippen molar-refractivity contribution in [3.8, 4) is 5.75 Å². The van der Waals surface area contributed by atoms with Gasteiger partial charge in [0, 0.05) is 44.1 Å². The maximum atomic E-state index is 12.8. The molecule has 7 nitrogen and oxygen atoms in total. The first-order valence-electron chi connectivity index (χ1n) is 8.97. The zero-order valence-electron chi connectivity index (χ0n) is 15.1. The Labute approximate surface area is 153 Å². The van der Waals surface area contributed by atoms with Crippen molar-refractivity contribution in [3.05, 3.63) is 48.3 Å². The van der Waals surface area contributed by atoms with Crippen molar-refractivity contribution in [2.75, 3.05) is 39.8 Å². The molecule has 26 heavy (non-hydrogen) atoms. The van der Waals surface area contributed by atoms with Crippen LogP contribution in [0.15, 0.2) is 42.7 Å². The first-order valence-corrected chi connectivity index (χ1v) is 8.97. The van der Waals surface area contributed by atoms with Crippen molar-refractivity contribution in [1.82, 2.24) is 19.6 Å². The number of aliphatic hydroxyl groups is 1. The fraction of sp³-hybridized carbons (Fsp3) is 0.474. The zero-order valence-corrected chi connectivity index (χ0v) is 15.1. The van der Waals surface area contributed by atoms with Crippen molar-refractivity contribution < 1.29 is 14.6 Å². The molecule has 140 valence electrons. The Balaban J connectivity index is 1.53. The molecule has 0 bridgehead atoms. The van der Waals surface area contributed by atoms with Gasteiger partial charge in [-0.15, -0.1) is 0 Å². The summed E-state index contributed by atoms with van der Waals surface area (Å²) in [6.07, 6.45) is 3.97. The molecule has 2 aromatic rings. The number of β-amino-alcohol motifs (C(OH)–C–C–N with tert-alkyl or cyclic N) is 1. The number of nitrogens with zero attached hydrogens (tertiary/aromatic N) is 4. The normalized spacial score (nSPS) is 16.9. The topological polar surface area (TPSA) is 70.8 Å². The number of hydrogen-bond donors (Lipinski definition) is 1. The SMILES string of the molecule is COc1cccc(C(=O)N2CCCN(CC(O)Cn3cccn3)CC2)c1. The second-order valence-corrected chi connectivity index (χ2v) is 6.56. The number of aliphatic hydroxyl groups excluding tert-OH is 1. The van der Waals surface area contributed by atoms with E-state index in [9.17, 15) is 9.90 Å². The molecule has 7 heteroatoms. The molecule has 1 aromatic heterocycles. The highest BCUT2D eigenvalue weighted by molar-refractivity contribution is 5.94. The van der Waals surface area contributed by atoms with Crippen LogP contribution in [-0.4, -0.2) is 76.5 Å². The van der Waals surface area contributed by atoms with E-state index in [4.69, 9.17) is 4.74 Å². The molecule has 1 aliphatic heterocycles. The van der Waals surface area contributed by atoms with Crippen LogP contribution in [0.3, 0.4) is 0 Å². The van der Waals surface area contributed by atoms with Crippen LogP contribution < -0.4 is 4.74 Å². The summed E-state index contributed by atoms with van der Waals surface area (Å²) in [5, 5.41) is 14.4. The third-order valence-corrected chi connectivity index (χ3v) is 4.62. The predicted octanol–water partition coefficient (Wildman–Crippen LogP) is 1.10. The maximum absolute atomic E-state index is 12.8. The predicted molar refractivity (Wildman–Crippen MR) is 98.2 cm³/mol. The Morgan fingerprint density at radius 1 is 1.23 bits per heavy atom. The molecule has 1 amide bonds. The number of benzene rings is 1. The van der Waals surface area contributed by atoms with Crippen molar-refractivity contribution >= 4 is 5.91 Å². The van der Waals surface area contributed by atoms with Crippen LogP contribution >= 0.6 is 0 Å². The van der Waals surface area contributed by atoms with Gasteiger partial charge in [-0.3, -0.25) is 14.4 Å². The van der Waals surface area contributed by atoms with Gasteiger partial charge in [-0.2, -0.15) is 5.10 Å². The van der Waals surface area contributed by atoms with Crippen LogP contribution in [0.2, 0.25) is 0 Å². The number of ether oxygens (including phenoxy) is 1. The molecule has 1 aromatic carbocycles. The van der Waals surface area contributed by atoms with Gasteiger partial charge in [0.15, 0.2) is 0 Å². The Morgan fingerprint density at radius 3 is 2.88 bits per heavy atom. The summed E-state index contributed by atoms with van der Waals surface area (Å²) in [4.78, 5) is 16.9. The molecule has 1 atom stereocenters. The Hall–Kier alpha value is -2.38. The summed E-state index contributed by atoms with van der Waals surface area (Å²) in [7, 11) is 1.60. The molecule has 1 N–H and O–H groups in total. The second-order valence-electron chi connectivity index (χ2n) is 6.56. The fourth-order valence-electron chi connectivity index (χ4n) is 3.28. The molecule has 1 unspecified atom stereocenters. The van der Waals surface area contributed by atoms with Gasteiger partial charge in [0.25, 0.3) is 5.91 Å². The van der Waals surface area contributed by atoms with E-state index in [1.165, 1.54) is 0 Å². The lowest BCUT2D eigenvalue weighted by Crippen LogP contribution is -2.38. The molecule has 0 saturated carbocycles. The van der Waals surface area contributed by atoms with E-state index < -0.39 is 6.10 Å². The van der Waals surface area contributed by atoms with Gasteiger partial charge in [-0.25, -0.2) is 0 Å². The number of carbonyl (C=O) groups is 1. The summed E-state index contributed by atoms with van der Waals surface area (Å²) in [6, 6.07) is 9.12. The van der Waals surface area contributed by atoms with Crippen LogP contribution in [0.1, 0.15) is 16.8 Å². The smallest absolute Gasteiger partial charge is 0.254 e. The fourth-order valence-corrected chi connectivity index (χ4v) is 3.28. The van der Waals surface area contributed by atoms with E-state index in [1.807, 2.05) is 35.4 Å². The van der Waals surface area contributed by atoms with Gasteiger partial charge in [-0.1, -0.05) is 6.07 Å². The third kappa shape index (κ3) is 4.83. The molecule has 0 radical (unpaired) electrons. The van der Waals surface area contributed by atoms with E-state index in [1.54, 1.807) is 24.1 Å². The monoisotopic (exact) mass is 358 g/mol. The zero-order chi connectivity index (χ0) is 18.4. The number of amides is 1. The van der Waals surface area contributed by atoms with E-state index in [0.29, 0.717) is 30.9 Å². The van der Waals surface area contributed by atoms with Gasteiger partial charge in [0.1, 0.15) is 5.75 Å². The molecule has 1 saturated heterocycles. The van der Waals surface area contributed by atoms with Crippen LogP contribution in [-0.2, 0) is 6.54 Å². The summed E-state index contributed by atoms with van der Waals surface area (Å²) in [6.45, 7) is 4.08. The summed E-state index contributed by atoms with van der Waals surface area (Å²) >= 11 is 0. The summed E-state index contributed by atoms with van der Waals surface area (Å²) < 4.78 is 6.94. The van der Waals surface area contributed by atoms with Crippen molar-refractivity contribution in [1.29, 1.82) is 0 Å². The van der Waals surface area contributed by atoms with E-state index >= 15 is 0 Å². The lowest BCUT2D eigenvalue weighted by molar-refractivity contribution is 0.0748. The maximum Gasteiger partial charge on any atom is 0.254 e. The molecular formula is C19H26N4O3. The van der Waals surface area contributed by atoms with E-state index in [2.05, 4.69) is 10.00 Å². The minimum Gasteiger partial charge on any atom is -0.497 e. The molecule has 0 spiro atoms. The lowest BCUT2D eigenvalue weighted by atomic mass is 10.2. The standard InChI is InChI=1S/C19H26N4O3/c1-26-18-6-2-5-16(13-18)19(25)22-9-4-8-21(11-12-22)14-17(24)15-23-10-3-7-20-23/h2-3,5-7,10,13,17,24H,4,8-9,11-12,14-15H2,1H3. The number of carbonyl (C=O) groups excluding carboxylic acids is 1. The Morgan fingerprint density at radius 2 is 2.12 bits per heavy atom. The average molecular weight is 358 g/mol. The Bertz CT molecular complexity index is 705. The minimum atomic E-state index is -0.476. The average Bonchev–Trinajstić information content (AvgIpc) is 3.05. The van der Waals surface area contributed by atoms with Gasteiger partial charge >= 0.3 is 0 Å². The summed E-state index contributed by atoms with van der Waals surface area (Å²) in [5.41, 5.74) is 0.650. The van der Waals surface area contributed by atoms with Gasteiger partial charge < -0.3 is 14.7 Å². The van der Waals surface area contributed by atoms with E-state index in [0.717, 1.165) is 26.1 Å². The first-order chi connectivity index (χ1) is 12.7. The number of rotatable bonds is 6. The Kier molecular flexibility index (Phi) is 6.25. The number of hydrogen-bond acceptors (Lipinski definition) is 5. The third-order valence-electron chi connectivity index (χ3n) is 4.62. The van der Waals surface area contributed by atoms with Crippen LogP contribution in [0, 0.1) is 0 Å². The second kappa shape index (κ2) is 8.82. The van der Waals surface area contributed by atoms with Crippen molar-refractivity contribution in [2.45, 2.75) is 19.1 Å². The molecule has 1 fully saturated rings. The van der Waals surface area contributed by atoms with Gasteiger partial charge in [-0.05, 0) is 37.2 Å². The highest BCUT2D eigenvalue weighted by Crippen LogP contribution is 2.15. The first kappa shape index (κ1) is 18.4. The highest BCUT2D eigenvalue weighted by Gasteiger charge is 2.22. The largest absolute Gasteiger partial charge is 0.497 e. The molecular weight excluding hydrogens is 332 g/mol. The molecule has 0 aliphatic carbocycles. The van der Waals surface area contributed by atoms with Crippen molar-refractivity contribution in [3.63, 3.8) is 0 Å². The lowest BCUT2D eigenvalue weighted by Gasteiger charge is -2.24. The van der Waals surface area contributed by atoms with Crippen LogP contribution in [0.5, 0.6) is 5.75 Å². The molecule has 1 aliphatic rings. The highest BCUT2D eigenvalue weighted by atomic mass is 16.5. The summed E-state index contributed by atoms with van der Waals surface area (Å²) in [5.74, 6) is 0.719. The molecule has 2 heterocycles. The van der Waals surface area contributed by atoms with Crippen LogP contribution in [0.4, 0.5) is 0 Å². The van der Waals surface area contributed by atoms with Gasteiger partial charge in [0.05, 0.1) is 19.8 Å². The number of methoxy groups -OCH3 is 1. The van der Waals surface area contributed by atoms with Gasteiger partial charge in [0.2, 0.25) is 0 Å². The number of aromatic nitrogens is 2.